The summed E-state index contributed by atoms with van der Waals surface area (Å²) in [5, 5.41) is 0. The Morgan fingerprint density at radius 2 is 2.04 bits per heavy atom. The zero-order valence-corrected chi connectivity index (χ0v) is 14.8. The average molecular weight is 332 g/mol. The molecule has 0 spiro atoms. The van der Waals surface area contributed by atoms with Crippen LogP contribution in [-0.4, -0.2) is 24.6 Å². The molecular formula is C19H28N2O3. The van der Waals surface area contributed by atoms with Gasteiger partial charge in [-0.05, 0) is 31.4 Å². The number of cyclic esters (lactones) is 1. The number of carbonyl (C=O) groups is 2. The van der Waals surface area contributed by atoms with E-state index in [4.69, 9.17) is 10.5 Å². The second-order valence-electron chi connectivity index (χ2n) is 6.71. The van der Waals surface area contributed by atoms with Crippen molar-refractivity contribution in [3.8, 4) is 0 Å². The molecule has 0 bridgehead atoms. The molecule has 0 aromatic heterocycles. The van der Waals surface area contributed by atoms with E-state index in [0.717, 1.165) is 31.4 Å². The molecule has 1 aliphatic heterocycles. The van der Waals surface area contributed by atoms with Gasteiger partial charge in [-0.3, -0.25) is 9.69 Å². The molecule has 1 aliphatic rings. The smallest absolute Gasteiger partial charge is 0.414 e. The van der Waals surface area contributed by atoms with E-state index >= 15 is 0 Å². The monoisotopic (exact) mass is 332 g/mol. The lowest BCUT2D eigenvalue weighted by atomic mass is 9.68. The van der Waals surface area contributed by atoms with Crippen LogP contribution in [0.25, 0.3) is 0 Å². The molecule has 0 aliphatic carbocycles. The van der Waals surface area contributed by atoms with Crippen molar-refractivity contribution in [2.24, 2.45) is 17.1 Å². The van der Waals surface area contributed by atoms with Crippen LogP contribution in [0.3, 0.4) is 0 Å². The third-order valence-electron chi connectivity index (χ3n) is 5.33. The van der Waals surface area contributed by atoms with E-state index in [2.05, 4.69) is 13.8 Å². The Morgan fingerprint density at radius 1 is 1.38 bits per heavy atom. The number of nitrogens with zero attached hydrogens (tertiary/aromatic N) is 1. The minimum atomic E-state index is -0.858. The number of benzene rings is 1. The first-order valence-corrected chi connectivity index (χ1v) is 8.78. The number of carbonyl (C=O) groups excluding carboxylic acids is 2. The normalized spacial score (nSPS) is 21.2. The van der Waals surface area contributed by atoms with E-state index in [1.54, 1.807) is 4.90 Å². The first kappa shape index (κ1) is 18.3. The Hall–Kier alpha value is -2.04. The highest BCUT2D eigenvalue weighted by Gasteiger charge is 2.51. The maximum absolute atomic E-state index is 12.3. The second-order valence-corrected chi connectivity index (χ2v) is 6.71. The molecule has 3 atom stereocenters. The van der Waals surface area contributed by atoms with Crippen LogP contribution in [0.15, 0.2) is 30.3 Å². The molecule has 1 saturated heterocycles. The van der Waals surface area contributed by atoms with Crippen LogP contribution in [-0.2, 0) is 9.53 Å². The van der Waals surface area contributed by atoms with Crippen LogP contribution in [0.4, 0.5) is 10.5 Å². The number of primary amides is 1. The van der Waals surface area contributed by atoms with Crippen LogP contribution in [0.1, 0.15) is 46.5 Å². The zero-order valence-electron chi connectivity index (χ0n) is 14.8. The van der Waals surface area contributed by atoms with E-state index in [1.807, 2.05) is 37.3 Å². The topological polar surface area (TPSA) is 72.6 Å². The molecule has 5 nitrogen and oxygen atoms in total. The van der Waals surface area contributed by atoms with Gasteiger partial charge < -0.3 is 10.5 Å². The maximum atomic E-state index is 12.3. The summed E-state index contributed by atoms with van der Waals surface area (Å²) >= 11 is 0. The average Bonchev–Trinajstić information content (AvgIpc) is 2.98. The van der Waals surface area contributed by atoms with Crippen LogP contribution in [0, 0.1) is 11.3 Å². The second kappa shape index (κ2) is 7.69. The minimum absolute atomic E-state index is 0.100. The summed E-state index contributed by atoms with van der Waals surface area (Å²) in [7, 11) is 0. The van der Waals surface area contributed by atoms with Gasteiger partial charge in [0.15, 0.2) is 0 Å². The predicted molar refractivity (Wildman–Crippen MR) is 94.7 cm³/mol. The molecule has 1 fully saturated rings. The summed E-state index contributed by atoms with van der Waals surface area (Å²) in [5.41, 5.74) is 5.70. The summed E-state index contributed by atoms with van der Waals surface area (Å²) in [6, 6.07) is 9.37. The summed E-state index contributed by atoms with van der Waals surface area (Å²) in [4.78, 5) is 26.2. The van der Waals surface area contributed by atoms with Crippen molar-refractivity contribution < 1.29 is 14.3 Å². The number of para-hydroxylation sites is 1. The molecule has 2 amide bonds. The van der Waals surface area contributed by atoms with Crippen molar-refractivity contribution in [3.05, 3.63) is 30.3 Å². The first-order valence-electron chi connectivity index (χ1n) is 8.78. The molecule has 1 aromatic rings. The lowest BCUT2D eigenvalue weighted by molar-refractivity contribution is -0.137. The fourth-order valence-electron chi connectivity index (χ4n) is 3.60. The third kappa shape index (κ3) is 3.40. The van der Waals surface area contributed by atoms with E-state index in [1.165, 1.54) is 0 Å². The summed E-state index contributed by atoms with van der Waals surface area (Å²) in [6.45, 7) is 6.39. The highest BCUT2D eigenvalue weighted by Crippen LogP contribution is 2.41. The fourth-order valence-corrected chi connectivity index (χ4v) is 3.60. The number of amides is 2. The number of hydrogen-bond donors (Lipinski definition) is 1. The van der Waals surface area contributed by atoms with Crippen molar-refractivity contribution in [1.82, 2.24) is 0 Å². The molecule has 5 heteroatoms. The van der Waals surface area contributed by atoms with Crippen LogP contribution < -0.4 is 10.6 Å². The van der Waals surface area contributed by atoms with Gasteiger partial charge in [0.25, 0.3) is 0 Å². The Labute approximate surface area is 144 Å². The summed E-state index contributed by atoms with van der Waals surface area (Å²) in [5.74, 6) is -0.290. The van der Waals surface area contributed by atoms with Crippen LogP contribution >= 0.6 is 0 Å². The van der Waals surface area contributed by atoms with Crippen LogP contribution in [0.5, 0.6) is 0 Å². The Morgan fingerprint density at radius 3 is 2.58 bits per heavy atom. The highest BCUT2D eigenvalue weighted by atomic mass is 16.6. The van der Waals surface area contributed by atoms with E-state index < -0.39 is 23.5 Å². The largest absolute Gasteiger partial charge is 0.443 e. The Balaban J connectivity index is 2.26. The molecule has 0 saturated carbocycles. The van der Waals surface area contributed by atoms with Gasteiger partial charge in [-0.1, -0.05) is 51.3 Å². The van der Waals surface area contributed by atoms with Gasteiger partial charge in [0.1, 0.15) is 6.10 Å². The predicted octanol–water partition coefficient (Wildman–Crippen LogP) is 3.72. The Bertz CT molecular complexity index is 575. The van der Waals surface area contributed by atoms with Gasteiger partial charge in [0.05, 0.1) is 12.0 Å². The molecular weight excluding hydrogens is 304 g/mol. The van der Waals surface area contributed by atoms with Crippen molar-refractivity contribution in [1.29, 1.82) is 0 Å². The van der Waals surface area contributed by atoms with E-state index in [-0.39, 0.29) is 5.92 Å². The van der Waals surface area contributed by atoms with Gasteiger partial charge in [-0.2, -0.15) is 0 Å². The van der Waals surface area contributed by atoms with Crippen molar-refractivity contribution in [3.63, 3.8) is 0 Å². The number of ether oxygens (including phenoxy) is 1. The molecule has 132 valence electrons. The number of anilines is 1. The quantitative estimate of drug-likeness (QED) is 0.788. The molecule has 2 rings (SSSR count). The molecule has 24 heavy (non-hydrogen) atoms. The standard InChI is InChI=1S/C19H28N2O3/c1-4-6-10-14(5-2)19(3,17(20)22)16-13-21(18(23)24-16)15-11-8-7-9-12-15/h7-9,11-12,14,16H,4-6,10,13H2,1-3H3,(H2,20,22). The van der Waals surface area contributed by atoms with Crippen molar-refractivity contribution >= 4 is 17.7 Å². The van der Waals surface area contributed by atoms with Gasteiger partial charge >= 0.3 is 6.09 Å². The van der Waals surface area contributed by atoms with Gasteiger partial charge in [0.2, 0.25) is 5.91 Å². The molecule has 0 radical (unpaired) electrons. The molecule has 1 heterocycles. The maximum Gasteiger partial charge on any atom is 0.414 e. The Kier molecular flexibility index (Phi) is 5.86. The van der Waals surface area contributed by atoms with Crippen LogP contribution in [0.2, 0.25) is 0 Å². The zero-order chi connectivity index (χ0) is 17.7. The number of hydrogen-bond acceptors (Lipinski definition) is 3. The van der Waals surface area contributed by atoms with E-state index in [9.17, 15) is 9.59 Å². The molecule has 3 unspecified atom stereocenters. The number of nitrogens with two attached hydrogens (primary N) is 1. The number of unbranched alkanes of at least 4 members (excludes halogenated alkanes) is 1. The lowest BCUT2D eigenvalue weighted by Crippen LogP contribution is -2.51. The highest BCUT2D eigenvalue weighted by molar-refractivity contribution is 5.91. The number of rotatable bonds is 8. The summed E-state index contributed by atoms with van der Waals surface area (Å²) in [6.07, 6.45) is 2.90. The summed E-state index contributed by atoms with van der Waals surface area (Å²) < 4.78 is 5.60. The molecule has 1 aromatic carbocycles. The van der Waals surface area contributed by atoms with Gasteiger partial charge in [0, 0.05) is 5.69 Å². The van der Waals surface area contributed by atoms with E-state index in [0.29, 0.717) is 6.54 Å². The van der Waals surface area contributed by atoms with Crippen molar-refractivity contribution in [2.45, 2.75) is 52.6 Å². The molecule has 2 N–H and O–H groups in total. The van der Waals surface area contributed by atoms with Crippen molar-refractivity contribution in [2.75, 3.05) is 11.4 Å². The van der Waals surface area contributed by atoms with Gasteiger partial charge in [-0.15, -0.1) is 0 Å². The van der Waals surface area contributed by atoms with Gasteiger partial charge in [-0.25, -0.2) is 4.79 Å². The fraction of sp³-hybridized carbons (Fsp3) is 0.579. The first-order chi connectivity index (χ1) is 11.4. The lowest BCUT2D eigenvalue weighted by Gasteiger charge is -2.38. The SMILES string of the molecule is CCCCC(CC)C(C)(C(N)=O)C1CN(c2ccccc2)C(=O)O1. The minimum Gasteiger partial charge on any atom is -0.443 e. The third-order valence-corrected chi connectivity index (χ3v) is 5.33.